The second kappa shape index (κ2) is 11.4. The molecular weight excluding hydrogens is 448 g/mol. The van der Waals surface area contributed by atoms with E-state index in [1.54, 1.807) is 0 Å². The highest BCUT2D eigenvalue weighted by Gasteiger charge is 2.16. The number of aromatic nitrogens is 4. The highest BCUT2D eigenvalue weighted by molar-refractivity contribution is 5.54. The van der Waals surface area contributed by atoms with Crippen molar-refractivity contribution in [2.75, 3.05) is 44.2 Å². The minimum atomic E-state index is 0.228. The molecule has 7 heteroatoms. The van der Waals surface area contributed by atoms with Crippen LogP contribution in [0.2, 0.25) is 0 Å². The molecule has 5 rings (SSSR count). The SMILES string of the molecule is Cc1cccc(-c2cccc(Cc3ccnc(Cc4ccc(N5CCN(CCO)CC5)cc4)n3)n2)n1. The van der Waals surface area contributed by atoms with E-state index in [1.807, 2.05) is 55.6 Å². The van der Waals surface area contributed by atoms with Crippen molar-refractivity contribution in [3.8, 4) is 11.4 Å². The number of benzene rings is 1. The van der Waals surface area contributed by atoms with E-state index < -0.39 is 0 Å². The quantitative estimate of drug-likeness (QED) is 0.413. The smallest absolute Gasteiger partial charge is 0.132 e. The maximum atomic E-state index is 9.14. The van der Waals surface area contributed by atoms with Crippen molar-refractivity contribution in [1.29, 1.82) is 0 Å². The molecule has 0 atom stereocenters. The van der Waals surface area contributed by atoms with Gasteiger partial charge in [-0.25, -0.2) is 9.97 Å². The zero-order chi connectivity index (χ0) is 24.7. The Morgan fingerprint density at radius 2 is 1.47 bits per heavy atom. The molecule has 184 valence electrons. The molecule has 0 amide bonds. The lowest BCUT2D eigenvalue weighted by Gasteiger charge is -2.35. The van der Waals surface area contributed by atoms with Crippen LogP contribution in [0.25, 0.3) is 11.4 Å². The fraction of sp³-hybridized carbons (Fsp3) is 0.310. The normalized spacial score (nSPS) is 14.2. The van der Waals surface area contributed by atoms with Gasteiger partial charge in [-0.05, 0) is 55.0 Å². The molecule has 0 unspecified atom stereocenters. The summed E-state index contributed by atoms with van der Waals surface area (Å²) in [6, 6.07) is 22.7. The summed E-state index contributed by atoms with van der Waals surface area (Å²) in [4.78, 5) is 23.5. The van der Waals surface area contributed by atoms with Crippen molar-refractivity contribution < 1.29 is 5.11 Å². The maximum Gasteiger partial charge on any atom is 0.132 e. The van der Waals surface area contributed by atoms with Crippen LogP contribution in [-0.4, -0.2) is 69.3 Å². The first-order valence-corrected chi connectivity index (χ1v) is 12.5. The van der Waals surface area contributed by atoms with Gasteiger partial charge in [-0.15, -0.1) is 0 Å². The van der Waals surface area contributed by atoms with Crippen molar-refractivity contribution in [2.45, 2.75) is 19.8 Å². The van der Waals surface area contributed by atoms with Crippen LogP contribution >= 0.6 is 0 Å². The van der Waals surface area contributed by atoms with Gasteiger partial charge in [-0.1, -0.05) is 24.3 Å². The van der Waals surface area contributed by atoms with Gasteiger partial charge in [0.05, 0.1) is 23.7 Å². The van der Waals surface area contributed by atoms with Crippen LogP contribution in [0.3, 0.4) is 0 Å². The molecule has 0 spiro atoms. The average Bonchev–Trinajstić information content (AvgIpc) is 2.90. The second-order valence-electron chi connectivity index (χ2n) is 9.21. The molecule has 0 saturated carbocycles. The lowest BCUT2D eigenvalue weighted by molar-refractivity contribution is 0.189. The highest BCUT2D eigenvalue weighted by atomic mass is 16.3. The van der Waals surface area contributed by atoms with Gasteiger partial charge in [-0.2, -0.15) is 0 Å². The third-order valence-electron chi connectivity index (χ3n) is 6.54. The van der Waals surface area contributed by atoms with Gasteiger partial charge in [-0.3, -0.25) is 14.9 Å². The number of piperazine rings is 1. The molecule has 4 aromatic rings. The van der Waals surface area contributed by atoms with Gasteiger partial charge in [0.1, 0.15) is 5.82 Å². The number of nitrogens with zero attached hydrogens (tertiary/aromatic N) is 6. The summed E-state index contributed by atoms with van der Waals surface area (Å²) in [5.74, 6) is 0.814. The number of β-amino-alcohol motifs (C(OH)–C–C–N with tert-alkyl or cyclic N) is 1. The van der Waals surface area contributed by atoms with Crippen LogP contribution in [0, 0.1) is 6.92 Å². The van der Waals surface area contributed by atoms with E-state index in [4.69, 9.17) is 15.1 Å². The topological polar surface area (TPSA) is 78.3 Å². The number of rotatable bonds is 8. The maximum absolute atomic E-state index is 9.14. The molecule has 1 N–H and O–H groups in total. The van der Waals surface area contributed by atoms with Crippen LogP contribution < -0.4 is 4.90 Å². The molecule has 0 radical (unpaired) electrons. The van der Waals surface area contributed by atoms with Crippen molar-refractivity contribution in [1.82, 2.24) is 24.8 Å². The fourth-order valence-electron chi connectivity index (χ4n) is 4.60. The van der Waals surface area contributed by atoms with E-state index in [1.165, 1.54) is 11.3 Å². The van der Waals surface area contributed by atoms with Gasteiger partial charge in [0.2, 0.25) is 0 Å². The Balaban J connectivity index is 1.22. The van der Waals surface area contributed by atoms with E-state index >= 15 is 0 Å². The molecule has 36 heavy (non-hydrogen) atoms. The molecule has 0 aliphatic carbocycles. The Morgan fingerprint density at radius 3 is 2.22 bits per heavy atom. The Morgan fingerprint density at radius 1 is 0.750 bits per heavy atom. The van der Waals surface area contributed by atoms with Crippen molar-refractivity contribution >= 4 is 5.69 Å². The van der Waals surface area contributed by atoms with Gasteiger partial charge >= 0.3 is 0 Å². The van der Waals surface area contributed by atoms with E-state index in [0.29, 0.717) is 12.8 Å². The summed E-state index contributed by atoms with van der Waals surface area (Å²) >= 11 is 0. The molecule has 1 aliphatic heterocycles. The van der Waals surface area contributed by atoms with Crippen molar-refractivity contribution in [3.63, 3.8) is 0 Å². The van der Waals surface area contributed by atoms with E-state index in [2.05, 4.69) is 44.0 Å². The van der Waals surface area contributed by atoms with E-state index in [9.17, 15) is 0 Å². The number of anilines is 1. The number of aliphatic hydroxyl groups excluding tert-OH is 1. The lowest BCUT2D eigenvalue weighted by Crippen LogP contribution is -2.47. The summed E-state index contributed by atoms with van der Waals surface area (Å²) in [6.07, 6.45) is 3.18. The number of hydrogen-bond donors (Lipinski definition) is 1. The summed E-state index contributed by atoms with van der Waals surface area (Å²) in [6.45, 7) is 6.93. The Kier molecular flexibility index (Phi) is 7.59. The third-order valence-corrected chi connectivity index (χ3v) is 6.54. The van der Waals surface area contributed by atoms with Gasteiger partial charge in [0.25, 0.3) is 0 Å². The number of aliphatic hydroxyl groups is 1. The van der Waals surface area contributed by atoms with E-state index in [0.717, 1.165) is 67.0 Å². The van der Waals surface area contributed by atoms with Gasteiger partial charge < -0.3 is 10.0 Å². The molecule has 1 fully saturated rings. The standard InChI is InChI=1S/C29H32N6O/c1-22-4-2-6-27(31-22)28-7-3-5-24(32-28)21-25-12-13-30-29(33-25)20-23-8-10-26(11-9-23)35-16-14-34(15-17-35)18-19-36/h2-13,36H,14-21H2,1H3. The minimum Gasteiger partial charge on any atom is -0.395 e. The molecular formula is C29H32N6O. The first-order chi connectivity index (χ1) is 17.7. The first-order valence-electron chi connectivity index (χ1n) is 12.5. The zero-order valence-electron chi connectivity index (χ0n) is 20.7. The second-order valence-corrected chi connectivity index (χ2v) is 9.21. The summed E-state index contributed by atoms with van der Waals surface area (Å²) in [7, 11) is 0. The monoisotopic (exact) mass is 480 g/mol. The van der Waals surface area contributed by atoms with Crippen LogP contribution in [0.5, 0.6) is 0 Å². The van der Waals surface area contributed by atoms with Crippen LogP contribution in [0.15, 0.2) is 72.9 Å². The van der Waals surface area contributed by atoms with Crippen LogP contribution in [0.1, 0.15) is 28.5 Å². The summed E-state index contributed by atoms with van der Waals surface area (Å²) < 4.78 is 0. The van der Waals surface area contributed by atoms with Gasteiger partial charge in [0.15, 0.2) is 0 Å². The first kappa shape index (κ1) is 24.0. The number of pyridine rings is 2. The minimum absolute atomic E-state index is 0.228. The predicted molar refractivity (Wildman–Crippen MR) is 142 cm³/mol. The molecule has 1 aromatic carbocycles. The summed E-state index contributed by atoms with van der Waals surface area (Å²) in [5.41, 5.74) is 7.10. The molecule has 3 aromatic heterocycles. The third kappa shape index (κ3) is 6.11. The number of hydrogen-bond acceptors (Lipinski definition) is 7. The van der Waals surface area contributed by atoms with E-state index in [-0.39, 0.29) is 6.61 Å². The summed E-state index contributed by atoms with van der Waals surface area (Å²) in [5, 5.41) is 9.14. The average molecular weight is 481 g/mol. The highest BCUT2D eigenvalue weighted by Crippen LogP contribution is 2.19. The molecule has 0 bridgehead atoms. The fourth-order valence-corrected chi connectivity index (χ4v) is 4.60. The molecule has 1 aliphatic rings. The van der Waals surface area contributed by atoms with Crippen LogP contribution in [0.4, 0.5) is 5.69 Å². The van der Waals surface area contributed by atoms with Crippen LogP contribution in [-0.2, 0) is 12.8 Å². The predicted octanol–water partition coefficient (Wildman–Crippen LogP) is 3.54. The largest absolute Gasteiger partial charge is 0.395 e. The molecule has 1 saturated heterocycles. The Bertz CT molecular complexity index is 1280. The Hall–Kier alpha value is -3.68. The van der Waals surface area contributed by atoms with Crippen molar-refractivity contribution in [3.05, 3.63) is 101 Å². The number of aryl methyl sites for hydroxylation is 1. The molecule has 4 heterocycles. The Labute approximate surface area is 212 Å². The van der Waals surface area contributed by atoms with Crippen molar-refractivity contribution in [2.24, 2.45) is 0 Å². The van der Waals surface area contributed by atoms with Gasteiger partial charge in [0, 0.05) is 68.8 Å². The molecule has 7 nitrogen and oxygen atoms in total. The zero-order valence-corrected chi connectivity index (χ0v) is 20.7. The lowest BCUT2D eigenvalue weighted by atomic mass is 10.1.